The Hall–Kier alpha value is -1.91. The molecular weight excluding hydrogens is 472 g/mol. The highest BCUT2D eigenvalue weighted by Gasteiger charge is 2.21. The van der Waals surface area contributed by atoms with Gasteiger partial charge in [0, 0.05) is 51.4 Å². The van der Waals surface area contributed by atoms with Crippen LogP contribution >= 0.6 is 24.0 Å². The van der Waals surface area contributed by atoms with Gasteiger partial charge in [-0.25, -0.2) is 9.38 Å². The molecule has 1 aromatic heterocycles. The van der Waals surface area contributed by atoms with E-state index in [1.54, 1.807) is 0 Å². The van der Waals surface area contributed by atoms with E-state index in [1.807, 2.05) is 12.1 Å². The van der Waals surface area contributed by atoms with E-state index in [-0.39, 0.29) is 29.8 Å². The van der Waals surface area contributed by atoms with Gasteiger partial charge in [-0.2, -0.15) is 0 Å². The summed E-state index contributed by atoms with van der Waals surface area (Å²) in [5.41, 5.74) is 1.07. The number of nitrogens with one attached hydrogen (secondary N) is 1. The second-order valence-corrected chi connectivity index (χ2v) is 6.91. The van der Waals surface area contributed by atoms with Gasteiger partial charge in [-0.3, -0.25) is 0 Å². The minimum Gasteiger partial charge on any atom is -0.368 e. The van der Waals surface area contributed by atoms with E-state index in [9.17, 15) is 4.39 Å². The summed E-state index contributed by atoms with van der Waals surface area (Å²) in [6, 6.07) is 6.72. The number of halogens is 2. The number of hydrogen-bond donors (Lipinski definition) is 1. The lowest BCUT2D eigenvalue weighted by Crippen LogP contribution is -2.52. The molecular formula is C19H27FIN7. The molecule has 0 aliphatic carbocycles. The van der Waals surface area contributed by atoms with Crippen LogP contribution in [0.25, 0.3) is 0 Å². The van der Waals surface area contributed by atoms with Gasteiger partial charge in [0.05, 0.1) is 0 Å². The van der Waals surface area contributed by atoms with Gasteiger partial charge in [-0.05, 0) is 37.6 Å². The van der Waals surface area contributed by atoms with Crippen molar-refractivity contribution in [3.63, 3.8) is 0 Å². The molecule has 0 atom stereocenters. The van der Waals surface area contributed by atoms with Crippen LogP contribution in [0.2, 0.25) is 0 Å². The Balaban J connectivity index is 0.00000225. The van der Waals surface area contributed by atoms with E-state index in [0.717, 1.165) is 75.4 Å². The van der Waals surface area contributed by atoms with Crippen molar-refractivity contribution in [3.05, 3.63) is 41.7 Å². The number of hydrogen-bond acceptors (Lipinski definition) is 4. The Morgan fingerprint density at radius 1 is 1.11 bits per heavy atom. The third-order valence-corrected chi connectivity index (χ3v) is 5.16. The summed E-state index contributed by atoms with van der Waals surface area (Å²) in [6.45, 7) is 7.98. The van der Waals surface area contributed by atoms with Crippen LogP contribution in [0.1, 0.15) is 25.0 Å². The number of guanidine groups is 1. The molecule has 4 rings (SSSR count). The molecule has 1 saturated heterocycles. The van der Waals surface area contributed by atoms with E-state index in [2.05, 4.69) is 36.8 Å². The van der Waals surface area contributed by atoms with Crippen molar-refractivity contribution in [2.45, 2.75) is 32.9 Å². The maximum absolute atomic E-state index is 13.1. The smallest absolute Gasteiger partial charge is 0.194 e. The molecule has 2 aromatic rings. The first-order valence-corrected chi connectivity index (χ1v) is 9.69. The normalized spacial score (nSPS) is 16.7. The minimum atomic E-state index is -0.195. The molecule has 0 saturated carbocycles. The number of rotatable bonds is 4. The molecule has 7 nitrogen and oxygen atoms in total. The Morgan fingerprint density at radius 2 is 1.86 bits per heavy atom. The van der Waals surface area contributed by atoms with Gasteiger partial charge in [0.15, 0.2) is 11.8 Å². The summed E-state index contributed by atoms with van der Waals surface area (Å²) in [6.07, 6.45) is 2.16. The van der Waals surface area contributed by atoms with Crippen LogP contribution in [0.4, 0.5) is 10.1 Å². The highest BCUT2D eigenvalue weighted by Crippen LogP contribution is 2.17. The summed E-state index contributed by atoms with van der Waals surface area (Å²) >= 11 is 0. The van der Waals surface area contributed by atoms with Crippen LogP contribution < -0.4 is 10.2 Å². The second-order valence-electron chi connectivity index (χ2n) is 6.91. The zero-order chi connectivity index (χ0) is 18.6. The van der Waals surface area contributed by atoms with Crippen molar-refractivity contribution < 1.29 is 4.39 Å². The Labute approximate surface area is 182 Å². The number of aromatic nitrogens is 3. The van der Waals surface area contributed by atoms with Gasteiger partial charge in [-0.1, -0.05) is 0 Å². The zero-order valence-corrected chi connectivity index (χ0v) is 18.5. The maximum Gasteiger partial charge on any atom is 0.194 e. The van der Waals surface area contributed by atoms with Crippen molar-refractivity contribution in [2.24, 2.45) is 4.99 Å². The van der Waals surface area contributed by atoms with Gasteiger partial charge >= 0.3 is 0 Å². The quantitative estimate of drug-likeness (QED) is 0.398. The fourth-order valence-electron chi connectivity index (χ4n) is 3.73. The Bertz CT molecular complexity index is 797. The van der Waals surface area contributed by atoms with Gasteiger partial charge in [-0.15, -0.1) is 34.2 Å². The van der Waals surface area contributed by atoms with E-state index in [0.29, 0.717) is 6.54 Å². The van der Waals surface area contributed by atoms with Gasteiger partial charge in [0.1, 0.15) is 18.2 Å². The highest BCUT2D eigenvalue weighted by molar-refractivity contribution is 14.0. The zero-order valence-electron chi connectivity index (χ0n) is 16.1. The monoisotopic (exact) mass is 499 g/mol. The molecule has 0 unspecified atom stereocenters. The number of nitrogens with zero attached hydrogens (tertiary/aromatic N) is 6. The fourth-order valence-corrected chi connectivity index (χ4v) is 3.73. The van der Waals surface area contributed by atoms with Crippen molar-refractivity contribution in [1.82, 2.24) is 25.0 Å². The van der Waals surface area contributed by atoms with Crippen molar-refractivity contribution in [2.75, 3.05) is 37.6 Å². The van der Waals surface area contributed by atoms with Crippen molar-refractivity contribution in [1.29, 1.82) is 0 Å². The van der Waals surface area contributed by atoms with Crippen LogP contribution in [0.5, 0.6) is 0 Å². The summed E-state index contributed by atoms with van der Waals surface area (Å²) in [7, 11) is 0. The fraction of sp³-hybridized carbons (Fsp3) is 0.526. The molecule has 0 bridgehead atoms. The molecule has 28 heavy (non-hydrogen) atoms. The molecule has 1 N–H and O–H groups in total. The molecule has 9 heteroatoms. The van der Waals surface area contributed by atoms with Crippen molar-refractivity contribution >= 4 is 35.6 Å². The predicted octanol–water partition coefficient (Wildman–Crippen LogP) is 2.27. The van der Waals surface area contributed by atoms with E-state index < -0.39 is 0 Å². The number of benzene rings is 1. The number of anilines is 1. The first-order chi connectivity index (χ1) is 13.2. The third-order valence-electron chi connectivity index (χ3n) is 5.16. The van der Waals surface area contributed by atoms with E-state index in [4.69, 9.17) is 4.99 Å². The minimum absolute atomic E-state index is 0. The maximum atomic E-state index is 13.1. The Kier molecular flexibility index (Phi) is 7.08. The van der Waals surface area contributed by atoms with E-state index in [1.165, 1.54) is 12.1 Å². The molecule has 0 radical (unpaired) electrons. The molecule has 0 spiro atoms. The number of piperazine rings is 1. The first-order valence-electron chi connectivity index (χ1n) is 9.69. The lowest BCUT2D eigenvalue weighted by molar-refractivity contribution is 0.372. The average Bonchev–Trinajstić information content (AvgIpc) is 3.30. The SMILES string of the molecule is CCNC(=NCc1nnc2n1CCC2)N1CCN(c2ccc(F)cc2)CC1.I. The Morgan fingerprint density at radius 3 is 2.57 bits per heavy atom. The average molecular weight is 499 g/mol. The summed E-state index contributed by atoms with van der Waals surface area (Å²) in [5, 5.41) is 11.9. The van der Waals surface area contributed by atoms with Crippen LogP contribution in [-0.4, -0.2) is 58.3 Å². The molecule has 2 aliphatic rings. The lowest BCUT2D eigenvalue weighted by Gasteiger charge is -2.37. The van der Waals surface area contributed by atoms with Gasteiger partial charge in [0.2, 0.25) is 0 Å². The molecule has 1 aromatic carbocycles. The highest BCUT2D eigenvalue weighted by atomic mass is 127. The predicted molar refractivity (Wildman–Crippen MR) is 119 cm³/mol. The summed E-state index contributed by atoms with van der Waals surface area (Å²) < 4.78 is 15.3. The molecule has 152 valence electrons. The van der Waals surface area contributed by atoms with E-state index >= 15 is 0 Å². The topological polar surface area (TPSA) is 61.6 Å². The number of fused-ring (bicyclic) bond motifs is 1. The lowest BCUT2D eigenvalue weighted by atomic mass is 10.2. The van der Waals surface area contributed by atoms with Crippen LogP contribution in [0.3, 0.4) is 0 Å². The largest absolute Gasteiger partial charge is 0.368 e. The second kappa shape index (κ2) is 9.53. The molecule has 0 amide bonds. The summed E-state index contributed by atoms with van der Waals surface area (Å²) in [4.78, 5) is 9.37. The third kappa shape index (κ3) is 4.56. The summed E-state index contributed by atoms with van der Waals surface area (Å²) in [5.74, 6) is 2.76. The van der Waals surface area contributed by atoms with Gasteiger partial charge < -0.3 is 19.7 Å². The molecule has 1 fully saturated rings. The molecule has 3 heterocycles. The van der Waals surface area contributed by atoms with Crippen molar-refractivity contribution in [3.8, 4) is 0 Å². The number of aliphatic imine (C=N–C) groups is 1. The standard InChI is InChI=1S/C19H26FN7.HI/c1-2-21-19(22-14-18-24-23-17-4-3-9-27(17)18)26-12-10-25(11-13-26)16-7-5-15(20)6-8-16;/h5-8H,2-4,9-14H2,1H3,(H,21,22);1H. The van der Waals surface area contributed by atoms with Crippen LogP contribution in [0.15, 0.2) is 29.3 Å². The van der Waals surface area contributed by atoms with Gasteiger partial charge in [0.25, 0.3) is 0 Å². The van der Waals surface area contributed by atoms with Crippen LogP contribution in [0, 0.1) is 5.82 Å². The number of aryl methyl sites for hydroxylation is 1. The molecule has 2 aliphatic heterocycles. The van der Waals surface area contributed by atoms with Crippen LogP contribution in [-0.2, 0) is 19.5 Å². The first kappa shape index (κ1) is 20.8.